The van der Waals surface area contributed by atoms with Crippen molar-refractivity contribution in [1.29, 1.82) is 0 Å². The van der Waals surface area contributed by atoms with E-state index in [1.54, 1.807) is 6.07 Å². The summed E-state index contributed by atoms with van der Waals surface area (Å²) < 4.78 is 0. The van der Waals surface area contributed by atoms with E-state index < -0.39 is 0 Å². The van der Waals surface area contributed by atoms with Gasteiger partial charge in [-0.25, -0.2) is 0 Å². The maximum atomic E-state index is 9.67. The molecule has 0 spiro atoms. The second-order valence-electron chi connectivity index (χ2n) is 4.28. The van der Waals surface area contributed by atoms with Gasteiger partial charge in [0, 0.05) is 10.8 Å². The lowest BCUT2D eigenvalue weighted by Crippen LogP contribution is -1.91. The van der Waals surface area contributed by atoms with Gasteiger partial charge >= 0.3 is 0 Å². The van der Waals surface area contributed by atoms with E-state index in [4.69, 9.17) is 0 Å². The van der Waals surface area contributed by atoms with Crippen molar-refractivity contribution in [2.75, 3.05) is 0 Å². The topological polar surface area (TPSA) is 20.2 Å². The van der Waals surface area contributed by atoms with Crippen molar-refractivity contribution in [3.63, 3.8) is 0 Å². The number of thiol groups is 1. The molecule has 0 saturated carbocycles. The van der Waals surface area contributed by atoms with Crippen LogP contribution in [-0.4, -0.2) is 5.11 Å². The van der Waals surface area contributed by atoms with Gasteiger partial charge in [0.05, 0.1) is 0 Å². The molecular weight excluding hydrogens is 216 g/mol. The van der Waals surface area contributed by atoms with Crippen LogP contribution in [0.5, 0.6) is 5.75 Å². The summed E-state index contributed by atoms with van der Waals surface area (Å²) in [6.07, 6.45) is 7.45. The Bertz CT molecular complexity index is 299. The Hall–Kier alpha value is -0.630. The van der Waals surface area contributed by atoms with E-state index in [1.807, 2.05) is 18.2 Å². The van der Waals surface area contributed by atoms with Crippen LogP contribution in [0.25, 0.3) is 0 Å². The molecule has 1 N–H and O–H groups in total. The normalized spacial score (nSPS) is 12.6. The van der Waals surface area contributed by atoms with Crippen LogP contribution in [0.15, 0.2) is 24.3 Å². The highest BCUT2D eigenvalue weighted by molar-refractivity contribution is 7.80. The fourth-order valence-electron chi connectivity index (χ4n) is 1.87. The third-order valence-corrected chi connectivity index (χ3v) is 3.41. The summed E-state index contributed by atoms with van der Waals surface area (Å²) in [5, 5.41) is 9.84. The van der Waals surface area contributed by atoms with Gasteiger partial charge in [-0.3, -0.25) is 0 Å². The zero-order chi connectivity index (χ0) is 11.8. The molecule has 16 heavy (non-hydrogen) atoms. The second kappa shape index (κ2) is 7.61. The van der Waals surface area contributed by atoms with Gasteiger partial charge < -0.3 is 5.11 Å². The van der Waals surface area contributed by atoms with Gasteiger partial charge in [0.2, 0.25) is 0 Å². The average molecular weight is 238 g/mol. The van der Waals surface area contributed by atoms with Crippen molar-refractivity contribution in [3.05, 3.63) is 29.8 Å². The van der Waals surface area contributed by atoms with Crippen molar-refractivity contribution in [3.8, 4) is 5.75 Å². The highest BCUT2D eigenvalue weighted by atomic mass is 32.1. The van der Waals surface area contributed by atoms with Gasteiger partial charge in [-0.2, -0.15) is 12.6 Å². The number of benzene rings is 1. The summed E-state index contributed by atoms with van der Waals surface area (Å²) in [6, 6.07) is 7.49. The molecule has 0 saturated heterocycles. The standard InChI is InChI=1S/C14H22OS/c1-2-3-4-5-6-11-14(16)12-9-7-8-10-13(12)15/h7-10,14-16H,2-6,11H2,1H3. The first-order valence-corrected chi connectivity index (χ1v) is 6.73. The maximum Gasteiger partial charge on any atom is 0.119 e. The molecule has 0 amide bonds. The molecule has 0 bridgehead atoms. The van der Waals surface area contributed by atoms with Crippen LogP contribution in [0.2, 0.25) is 0 Å². The quantitative estimate of drug-likeness (QED) is 0.520. The molecule has 1 nitrogen and oxygen atoms in total. The molecule has 1 aromatic carbocycles. The summed E-state index contributed by atoms with van der Waals surface area (Å²) in [5.74, 6) is 0.371. The number of unbranched alkanes of at least 4 members (excludes halogenated alkanes) is 4. The Labute approximate surface area is 104 Å². The van der Waals surface area contributed by atoms with Crippen LogP contribution in [-0.2, 0) is 0 Å². The fourth-order valence-corrected chi connectivity index (χ4v) is 2.27. The number of phenolic OH excluding ortho intramolecular Hbond substituents is 1. The maximum absolute atomic E-state index is 9.67. The van der Waals surface area contributed by atoms with Crippen LogP contribution in [0.4, 0.5) is 0 Å². The van der Waals surface area contributed by atoms with Gasteiger partial charge in [0.1, 0.15) is 5.75 Å². The molecule has 2 heteroatoms. The van der Waals surface area contributed by atoms with Crippen molar-refractivity contribution in [2.24, 2.45) is 0 Å². The van der Waals surface area contributed by atoms with Crippen LogP contribution < -0.4 is 0 Å². The van der Waals surface area contributed by atoms with Gasteiger partial charge in [0.25, 0.3) is 0 Å². The predicted molar refractivity (Wildman–Crippen MR) is 73.2 cm³/mol. The molecule has 1 rings (SSSR count). The molecule has 1 unspecified atom stereocenters. The van der Waals surface area contributed by atoms with Crippen molar-refractivity contribution < 1.29 is 5.11 Å². The van der Waals surface area contributed by atoms with E-state index in [-0.39, 0.29) is 5.25 Å². The highest BCUT2D eigenvalue weighted by Gasteiger charge is 2.09. The fraction of sp³-hybridized carbons (Fsp3) is 0.571. The molecule has 0 aromatic heterocycles. The van der Waals surface area contributed by atoms with Crippen molar-refractivity contribution in [1.82, 2.24) is 0 Å². The molecule has 1 atom stereocenters. The first kappa shape index (κ1) is 13.4. The molecule has 0 aliphatic heterocycles. The monoisotopic (exact) mass is 238 g/mol. The molecule has 0 heterocycles. The summed E-state index contributed by atoms with van der Waals surface area (Å²) in [5.41, 5.74) is 0.960. The minimum atomic E-state index is 0.169. The van der Waals surface area contributed by atoms with E-state index in [9.17, 15) is 5.11 Å². The summed E-state index contributed by atoms with van der Waals surface area (Å²) in [4.78, 5) is 0. The van der Waals surface area contributed by atoms with E-state index in [1.165, 1.54) is 32.1 Å². The molecule has 1 aromatic rings. The average Bonchev–Trinajstić information content (AvgIpc) is 2.29. The van der Waals surface area contributed by atoms with Gasteiger partial charge in [-0.05, 0) is 12.5 Å². The van der Waals surface area contributed by atoms with Crippen LogP contribution in [0.3, 0.4) is 0 Å². The SMILES string of the molecule is CCCCCCCC(S)c1ccccc1O. The Balaban J connectivity index is 2.30. The lowest BCUT2D eigenvalue weighted by molar-refractivity contribution is 0.465. The zero-order valence-corrected chi connectivity index (χ0v) is 10.9. The van der Waals surface area contributed by atoms with Crippen LogP contribution in [0, 0.1) is 0 Å². The number of aromatic hydroxyl groups is 1. The zero-order valence-electron chi connectivity index (χ0n) is 10.0. The van der Waals surface area contributed by atoms with E-state index in [0.717, 1.165) is 12.0 Å². The smallest absolute Gasteiger partial charge is 0.119 e. The van der Waals surface area contributed by atoms with Gasteiger partial charge in [-0.15, -0.1) is 0 Å². The molecule has 90 valence electrons. The van der Waals surface area contributed by atoms with Gasteiger partial charge in [0.15, 0.2) is 0 Å². The van der Waals surface area contributed by atoms with E-state index in [0.29, 0.717) is 5.75 Å². The van der Waals surface area contributed by atoms with E-state index in [2.05, 4.69) is 19.6 Å². The molecule has 0 aliphatic carbocycles. The summed E-state index contributed by atoms with van der Waals surface area (Å²) >= 11 is 4.55. The molecule has 0 fully saturated rings. The number of phenols is 1. The number of hydrogen-bond donors (Lipinski definition) is 2. The minimum Gasteiger partial charge on any atom is -0.508 e. The third-order valence-electron chi connectivity index (χ3n) is 2.88. The Morgan fingerprint density at radius 2 is 1.81 bits per heavy atom. The van der Waals surface area contributed by atoms with Crippen LogP contribution >= 0.6 is 12.6 Å². The summed E-state index contributed by atoms with van der Waals surface area (Å²) in [6.45, 7) is 2.23. The van der Waals surface area contributed by atoms with E-state index >= 15 is 0 Å². The second-order valence-corrected chi connectivity index (χ2v) is 4.90. The number of hydrogen-bond acceptors (Lipinski definition) is 2. The molecule has 0 radical (unpaired) electrons. The predicted octanol–water partition coefficient (Wildman–Crippen LogP) is 4.72. The molecule has 0 aliphatic rings. The first-order chi connectivity index (χ1) is 7.75. The Kier molecular flexibility index (Phi) is 6.39. The lowest BCUT2D eigenvalue weighted by atomic mass is 10.0. The largest absolute Gasteiger partial charge is 0.508 e. The lowest BCUT2D eigenvalue weighted by Gasteiger charge is -2.12. The Morgan fingerprint density at radius 1 is 1.12 bits per heavy atom. The van der Waals surface area contributed by atoms with Gasteiger partial charge in [-0.1, -0.05) is 57.2 Å². The number of rotatable bonds is 7. The Morgan fingerprint density at radius 3 is 2.50 bits per heavy atom. The third kappa shape index (κ3) is 4.48. The minimum absolute atomic E-state index is 0.169. The molecular formula is C14H22OS. The van der Waals surface area contributed by atoms with Crippen molar-refractivity contribution in [2.45, 2.75) is 50.7 Å². The van der Waals surface area contributed by atoms with Crippen molar-refractivity contribution >= 4 is 12.6 Å². The first-order valence-electron chi connectivity index (χ1n) is 6.21. The highest BCUT2D eigenvalue weighted by Crippen LogP contribution is 2.32. The number of para-hydroxylation sites is 1. The summed E-state index contributed by atoms with van der Waals surface area (Å²) in [7, 11) is 0. The van der Waals surface area contributed by atoms with Crippen LogP contribution in [0.1, 0.15) is 56.3 Å².